The molecule has 3 rings (SSSR count). The van der Waals surface area contributed by atoms with E-state index in [1.54, 1.807) is 12.4 Å². The first-order valence-electron chi connectivity index (χ1n) is 7.29. The van der Waals surface area contributed by atoms with Gasteiger partial charge in [0.25, 0.3) is 0 Å². The fourth-order valence-corrected chi connectivity index (χ4v) is 2.24. The number of hydrogen-bond acceptors (Lipinski definition) is 6. The van der Waals surface area contributed by atoms with Gasteiger partial charge in [-0.25, -0.2) is 9.97 Å². The highest BCUT2D eigenvalue weighted by molar-refractivity contribution is 6.61. The summed E-state index contributed by atoms with van der Waals surface area (Å²) in [6.45, 7) is 9.41. The number of nitrogens with zero attached hydrogens (tertiary/aromatic N) is 2. The van der Waals surface area contributed by atoms with E-state index in [1.807, 2.05) is 27.7 Å². The van der Waals surface area contributed by atoms with Gasteiger partial charge in [-0.15, -0.1) is 0 Å². The number of ether oxygens (including phenoxy) is 2. The molecule has 0 unspecified atom stereocenters. The summed E-state index contributed by atoms with van der Waals surface area (Å²) in [7, 11) is -0.445. The van der Waals surface area contributed by atoms with Gasteiger partial charge in [0.05, 0.1) is 24.4 Å². The van der Waals surface area contributed by atoms with Gasteiger partial charge < -0.3 is 18.8 Å². The summed E-state index contributed by atoms with van der Waals surface area (Å²) in [5.74, 6) is 0. The van der Waals surface area contributed by atoms with Gasteiger partial charge in [0, 0.05) is 24.3 Å². The highest BCUT2D eigenvalue weighted by Crippen LogP contribution is 2.36. The second-order valence-electron chi connectivity index (χ2n) is 6.49. The number of aromatic nitrogens is 2. The third-order valence-electron chi connectivity index (χ3n) is 4.33. The maximum Gasteiger partial charge on any atom is 0.498 e. The first-order valence-corrected chi connectivity index (χ1v) is 7.29. The zero-order valence-electron chi connectivity index (χ0n) is 13.0. The standard InChI is InChI=1S/C14H21BN2O4/c1-13(2)14(3,4)21-15(20-13)10-7-16-12(17-8-10)19-11-5-6-18-9-11/h7-8,11H,5-6,9H2,1-4H3/t11-/m1/s1. The lowest BCUT2D eigenvalue weighted by molar-refractivity contribution is 0.00578. The van der Waals surface area contributed by atoms with E-state index in [0.717, 1.165) is 18.5 Å². The first-order chi connectivity index (χ1) is 9.87. The Balaban J connectivity index is 1.67. The zero-order valence-corrected chi connectivity index (χ0v) is 13.0. The predicted molar refractivity (Wildman–Crippen MR) is 77.6 cm³/mol. The van der Waals surface area contributed by atoms with Gasteiger partial charge in [-0.2, -0.15) is 0 Å². The van der Waals surface area contributed by atoms with Gasteiger partial charge in [0.2, 0.25) is 0 Å². The second kappa shape index (κ2) is 5.23. The van der Waals surface area contributed by atoms with Crippen molar-refractivity contribution in [3.8, 4) is 6.01 Å². The largest absolute Gasteiger partial charge is 0.498 e. The Morgan fingerprint density at radius 3 is 2.29 bits per heavy atom. The number of hydrogen-bond donors (Lipinski definition) is 0. The van der Waals surface area contributed by atoms with Gasteiger partial charge in [-0.05, 0) is 27.7 Å². The molecule has 2 aliphatic heterocycles. The molecule has 2 aliphatic rings. The van der Waals surface area contributed by atoms with Crippen molar-refractivity contribution in [1.82, 2.24) is 9.97 Å². The fourth-order valence-electron chi connectivity index (χ4n) is 2.24. The zero-order chi connectivity index (χ0) is 15.1. The van der Waals surface area contributed by atoms with Crippen LogP contribution in [-0.2, 0) is 14.0 Å². The van der Waals surface area contributed by atoms with Crippen LogP contribution in [0, 0.1) is 0 Å². The average Bonchev–Trinajstić information content (AvgIpc) is 2.97. The van der Waals surface area contributed by atoms with Gasteiger partial charge in [0.15, 0.2) is 0 Å². The van der Waals surface area contributed by atoms with E-state index in [4.69, 9.17) is 18.8 Å². The average molecular weight is 292 g/mol. The van der Waals surface area contributed by atoms with Gasteiger partial charge in [-0.1, -0.05) is 0 Å². The van der Waals surface area contributed by atoms with Crippen molar-refractivity contribution in [2.24, 2.45) is 0 Å². The SMILES string of the molecule is CC1(C)OB(c2cnc(O[C@@H]3CCOC3)nc2)OC1(C)C. The molecule has 0 spiro atoms. The van der Waals surface area contributed by atoms with Crippen molar-refractivity contribution in [2.75, 3.05) is 13.2 Å². The van der Waals surface area contributed by atoms with Crippen LogP contribution in [0.4, 0.5) is 0 Å². The van der Waals surface area contributed by atoms with Crippen LogP contribution in [0.2, 0.25) is 0 Å². The normalized spacial score (nSPS) is 27.0. The molecule has 0 saturated carbocycles. The Hall–Kier alpha value is -1.18. The second-order valence-corrected chi connectivity index (χ2v) is 6.49. The third-order valence-corrected chi connectivity index (χ3v) is 4.33. The molecule has 1 aromatic rings. The fraction of sp³-hybridized carbons (Fsp3) is 0.714. The summed E-state index contributed by atoms with van der Waals surface area (Å²) in [5.41, 5.74) is 0.0610. The van der Waals surface area contributed by atoms with Gasteiger partial charge in [0.1, 0.15) is 6.10 Å². The Morgan fingerprint density at radius 2 is 1.76 bits per heavy atom. The molecule has 0 radical (unpaired) electrons. The van der Waals surface area contributed by atoms with Crippen LogP contribution in [0.15, 0.2) is 12.4 Å². The minimum absolute atomic E-state index is 0.0488. The van der Waals surface area contributed by atoms with E-state index in [9.17, 15) is 0 Å². The van der Waals surface area contributed by atoms with Crippen molar-refractivity contribution in [3.63, 3.8) is 0 Å². The first kappa shape index (κ1) is 14.7. The van der Waals surface area contributed by atoms with E-state index in [0.29, 0.717) is 12.6 Å². The van der Waals surface area contributed by atoms with Crippen LogP contribution in [0.25, 0.3) is 0 Å². The maximum absolute atomic E-state index is 5.96. The molecule has 3 heterocycles. The van der Waals surface area contributed by atoms with Crippen LogP contribution in [0.5, 0.6) is 6.01 Å². The summed E-state index contributed by atoms with van der Waals surface area (Å²) < 4.78 is 22.8. The third kappa shape index (κ3) is 2.91. The van der Waals surface area contributed by atoms with Crippen LogP contribution in [0.1, 0.15) is 34.1 Å². The molecule has 7 heteroatoms. The molecule has 1 aromatic heterocycles. The lowest BCUT2D eigenvalue weighted by atomic mass is 9.81. The van der Waals surface area contributed by atoms with E-state index < -0.39 is 7.12 Å². The summed E-state index contributed by atoms with van der Waals surface area (Å²) in [5, 5.41) is 0. The van der Waals surface area contributed by atoms with Crippen LogP contribution >= 0.6 is 0 Å². The van der Waals surface area contributed by atoms with Crippen LogP contribution in [-0.4, -0.2) is 47.6 Å². The molecule has 2 saturated heterocycles. The summed E-state index contributed by atoms with van der Waals surface area (Å²) in [6.07, 6.45) is 4.32. The predicted octanol–water partition coefficient (Wildman–Crippen LogP) is 0.943. The molecule has 0 amide bonds. The van der Waals surface area contributed by atoms with Crippen LogP contribution in [0.3, 0.4) is 0 Å². The summed E-state index contributed by atoms with van der Waals surface area (Å²) in [4.78, 5) is 8.47. The van der Waals surface area contributed by atoms with E-state index in [2.05, 4.69) is 9.97 Å². The van der Waals surface area contributed by atoms with Gasteiger partial charge >= 0.3 is 13.1 Å². The molecular weight excluding hydrogens is 271 g/mol. The monoisotopic (exact) mass is 292 g/mol. The Morgan fingerprint density at radius 1 is 1.14 bits per heavy atom. The van der Waals surface area contributed by atoms with Crippen molar-refractivity contribution in [3.05, 3.63) is 12.4 Å². The molecule has 0 aliphatic carbocycles. The summed E-state index contributed by atoms with van der Waals surface area (Å²) >= 11 is 0. The van der Waals surface area contributed by atoms with Crippen molar-refractivity contribution in [1.29, 1.82) is 0 Å². The van der Waals surface area contributed by atoms with E-state index in [-0.39, 0.29) is 17.3 Å². The lowest BCUT2D eigenvalue weighted by Gasteiger charge is -2.32. The lowest BCUT2D eigenvalue weighted by Crippen LogP contribution is -2.41. The quantitative estimate of drug-likeness (QED) is 0.773. The molecule has 0 bridgehead atoms. The topological polar surface area (TPSA) is 62.7 Å². The Bertz CT molecular complexity index is 484. The molecule has 1 atom stereocenters. The molecule has 2 fully saturated rings. The maximum atomic E-state index is 5.96. The van der Waals surface area contributed by atoms with Crippen molar-refractivity contribution >= 4 is 12.6 Å². The van der Waals surface area contributed by atoms with Crippen LogP contribution < -0.4 is 10.2 Å². The van der Waals surface area contributed by atoms with Crippen molar-refractivity contribution < 1.29 is 18.8 Å². The molecule has 0 aromatic carbocycles. The Labute approximate surface area is 125 Å². The molecule has 21 heavy (non-hydrogen) atoms. The van der Waals surface area contributed by atoms with E-state index in [1.165, 1.54) is 0 Å². The highest BCUT2D eigenvalue weighted by atomic mass is 16.7. The van der Waals surface area contributed by atoms with E-state index >= 15 is 0 Å². The molecular formula is C14H21BN2O4. The minimum atomic E-state index is -0.445. The molecule has 6 nitrogen and oxygen atoms in total. The molecule has 114 valence electrons. The van der Waals surface area contributed by atoms with Gasteiger partial charge in [-0.3, -0.25) is 0 Å². The highest BCUT2D eigenvalue weighted by Gasteiger charge is 2.51. The minimum Gasteiger partial charge on any atom is -0.458 e. The summed E-state index contributed by atoms with van der Waals surface area (Å²) in [6, 6.07) is 0.366. The number of rotatable bonds is 3. The smallest absolute Gasteiger partial charge is 0.458 e. The van der Waals surface area contributed by atoms with Crippen molar-refractivity contribution in [2.45, 2.75) is 51.4 Å². The Kier molecular flexibility index (Phi) is 3.67. The molecule has 0 N–H and O–H groups in total.